The molecule has 19 heavy (non-hydrogen) atoms. The highest BCUT2D eigenvalue weighted by atomic mass is 16.1. The maximum Gasteiger partial charge on any atom is 0.234 e. The lowest BCUT2D eigenvalue weighted by Crippen LogP contribution is -2.29. The first-order valence-corrected chi connectivity index (χ1v) is 6.01. The number of imidazole rings is 1. The Morgan fingerprint density at radius 1 is 1.53 bits per heavy atom. The van der Waals surface area contributed by atoms with E-state index in [-0.39, 0.29) is 12.5 Å². The Balaban J connectivity index is 1.84. The van der Waals surface area contributed by atoms with Gasteiger partial charge in [0.2, 0.25) is 5.91 Å². The molecule has 0 radical (unpaired) electrons. The maximum absolute atomic E-state index is 11.0. The molecule has 0 atom stereocenters. The summed E-state index contributed by atoms with van der Waals surface area (Å²) in [6.07, 6.45) is 6.26. The van der Waals surface area contributed by atoms with Crippen LogP contribution in [-0.2, 0) is 31.4 Å². The van der Waals surface area contributed by atoms with Gasteiger partial charge in [0.05, 0.1) is 19.3 Å². The van der Waals surface area contributed by atoms with Gasteiger partial charge in [-0.3, -0.25) is 9.48 Å². The van der Waals surface area contributed by atoms with Gasteiger partial charge in [-0.25, -0.2) is 4.98 Å². The zero-order valence-electron chi connectivity index (χ0n) is 10.8. The number of carbonyl (C=O) groups excluding carboxylic acids is 1. The lowest BCUT2D eigenvalue weighted by Gasteiger charge is -2.01. The van der Waals surface area contributed by atoms with Crippen molar-refractivity contribution in [2.75, 3.05) is 6.54 Å². The number of nitrogens with two attached hydrogens (primary N) is 1. The fourth-order valence-electron chi connectivity index (χ4n) is 1.64. The van der Waals surface area contributed by atoms with E-state index < -0.39 is 0 Å². The third kappa shape index (κ3) is 3.62. The summed E-state index contributed by atoms with van der Waals surface area (Å²) in [6, 6.07) is 0. The quantitative estimate of drug-likeness (QED) is 0.683. The highest BCUT2D eigenvalue weighted by molar-refractivity contribution is 5.77. The molecule has 0 bridgehead atoms. The number of carbonyl (C=O) groups is 1. The molecule has 3 N–H and O–H groups in total. The predicted molar refractivity (Wildman–Crippen MR) is 67.8 cm³/mol. The van der Waals surface area contributed by atoms with Crippen LogP contribution in [0.1, 0.15) is 11.5 Å². The second-order valence-electron chi connectivity index (χ2n) is 4.16. The van der Waals surface area contributed by atoms with Crippen LogP contribution in [0.4, 0.5) is 0 Å². The molecule has 0 aromatic carbocycles. The SMILES string of the molecule is Cn1ccnc1CCn1cc(CNC(=O)CN)nn1. The molecule has 0 saturated carbocycles. The minimum atomic E-state index is -0.206. The van der Waals surface area contributed by atoms with Gasteiger partial charge in [-0.05, 0) is 0 Å². The van der Waals surface area contributed by atoms with Gasteiger partial charge in [0.25, 0.3) is 0 Å². The van der Waals surface area contributed by atoms with E-state index in [4.69, 9.17) is 5.73 Å². The number of hydrogen-bond acceptors (Lipinski definition) is 5. The summed E-state index contributed by atoms with van der Waals surface area (Å²) in [5.74, 6) is 0.788. The molecule has 2 rings (SSSR count). The van der Waals surface area contributed by atoms with Crippen molar-refractivity contribution in [1.82, 2.24) is 29.9 Å². The Labute approximate surface area is 110 Å². The molecule has 0 aliphatic heterocycles. The van der Waals surface area contributed by atoms with Crippen LogP contribution in [0, 0.1) is 0 Å². The molecule has 0 spiro atoms. The van der Waals surface area contributed by atoms with E-state index in [2.05, 4.69) is 20.6 Å². The second kappa shape index (κ2) is 6.10. The van der Waals surface area contributed by atoms with Gasteiger partial charge < -0.3 is 15.6 Å². The number of nitrogens with zero attached hydrogens (tertiary/aromatic N) is 5. The average molecular weight is 263 g/mol. The highest BCUT2D eigenvalue weighted by Gasteiger charge is 2.04. The number of aryl methyl sites for hydroxylation is 3. The van der Waals surface area contributed by atoms with Crippen molar-refractivity contribution in [3.8, 4) is 0 Å². The molecule has 1 amide bonds. The smallest absolute Gasteiger partial charge is 0.234 e. The summed E-state index contributed by atoms with van der Waals surface area (Å²) < 4.78 is 3.71. The topological polar surface area (TPSA) is 104 Å². The van der Waals surface area contributed by atoms with Crippen LogP contribution in [0.15, 0.2) is 18.6 Å². The zero-order chi connectivity index (χ0) is 13.7. The van der Waals surface area contributed by atoms with Gasteiger partial charge in [-0.15, -0.1) is 5.10 Å². The van der Waals surface area contributed by atoms with E-state index >= 15 is 0 Å². The van der Waals surface area contributed by atoms with E-state index in [1.54, 1.807) is 17.1 Å². The molecular weight excluding hydrogens is 246 g/mol. The first-order chi connectivity index (χ1) is 9.19. The van der Waals surface area contributed by atoms with Crippen molar-refractivity contribution in [1.29, 1.82) is 0 Å². The van der Waals surface area contributed by atoms with Crippen LogP contribution in [0.3, 0.4) is 0 Å². The Kier molecular flexibility index (Phi) is 4.24. The third-order valence-corrected chi connectivity index (χ3v) is 2.72. The van der Waals surface area contributed by atoms with Crippen LogP contribution in [0.25, 0.3) is 0 Å². The summed E-state index contributed by atoms with van der Waals surface area (Å²) >= 11 is 0. The van der Waals surface area contributed by atoms with Crippen LogP contribution in [0.5, 0.6) is 0 Å². The molecule has 0 aliphatic carbocycles. The van der Waals surface area contributed by atoms with Gasteiger partial charge in [-0.1, -0.05) is 5.21 Å². The van der Waals surface area contributed by atoms with Crippen LogP contribution >= 0.6 is 0 Å². The Morgan fingerprint density at radius 2 is 2.37 bits per heavy atom. The lowest BCUT2D eigenvalue weighted by molar-refractivity contribution is -0.119. The van der Waals surface area contributed by atoms with Crippen LogP contribution in [-0.4, -0.2) is 37.0 Å². The van der Waals surface area contributed by atoms with E-state index in [0.29, 0.717) is 18.8 Å². The van der Waals surface area contributed by atoms with Gasteiger partial charge >= 0.3 is 0 Å². The fourth-order valence-corrected chi connectivity index (χ4v) is 1.64. The number of nitrogens with one attached hydrogen (secondary N) is 1. The first-order valence-electron chi connectivity index (χ1n) is 6.01. The second-order valence-corrected chi connectivity index (χ2v) is 4.16. The monoisotopic (exact) mass is 263 g/mol. The summed E-state index contributed by atoms with van der Waals surface area (Å²) in [7, 11) is 1.96. The molecule has 0 fully saturated rings. The fraction of sp³-hybridized carbons (Fsp3) is 0.455. The van der Waals surface area contributed by atoms with E-state index in [0.717, 1.165) is 12.2 Å². The predicted octanol–water partition coefficient (Wildman–Crippen LogP) is -1.17. The normalized spacial score (nSPS) is 10.6. The van der Waals surface area contributed by atoms with Crippen molar-refractivity contribution in [2.45, 2.75) is 19.5 Å². The van der Waals surface area contributed by atoms with Crippen molar-refractivity contribution in [2.24, 2.45) is 12.8 Å². The van der Waals surface area contributed by atoms with Crippen molar-refractivity contribution in [3.63, 3.8) is 0 Å². The molecule has 2 heterocycles. The molecule has 0 aliphatic rings. The van der Waals surface area contributed by atoms with E-state index in [9.17, 15) is 4.79 Å². The number of hydrogen-bond donors (Lipinski definition) is 2. The average Bonchev–Trinajstić information content (AvgIpc) is 3.02. The summed E-state index contributed by atoms with van der Waals surface area (Å²) in [5.41, 5.74) is 5.90. The third-order valence-electron chi connectivity index (χ3n) is 2.72. The number of rotatable bonds is 6. The molecule has 0 saturated heterocycles. The first kappa shape index (κ1) is 13.2. The molecule has 2 aromatic rings. The Bertz CT molecular complexity index is 545. The van der Waals surface area contributed by atoms with Gasteiger partial charge in [-0.2, -0.15) is 0 Å². The highest BCUT2D eigenvalue weighted by Crippen LogP contribution is 1.99. The summed E-state index contributed by atoms with van der Waals surface area (Å²) in [5, 5.41) is 10.6. The van der Waals surface area contributed by atoms with E-state index in [1.165, 1.54) is 0 Å². The molecule has 0 unspecified atom stereocenters. The standard InChI is InChI=1S/C11H17N7O/c1-17-5-3-13-10(17)2-4-18-8-9(15-16-18)7-14-11(19)6-12/h3,5,8H,2,4,6-7,12H2,1H3,(H,14,19). The van der Waals surface area contributed by atoms with Gasteiger partial charge in [0.15, 0.2) is 0 Å². The van der Waals surface area contributed by atoms with Crippen LogP contribution < -0.4 is 11.1 Å². The Hall–Kier alpha value is -2.22. The van der Waals surface area contributed by atoms with Crippen molar-refractivity contribution >= 4 is 5.91 Å². The van der Waals surface area contributed by atoms with E-state index in [1.807, 2.05) is 17.8 Å². The van der Waals surface area contributed by atoms with Crippen molar-refractivity contribution < 1.29 is 4.79 Å². The van der Waals surface area contributed by atoms with Gasteiger partial charge in [0.1, 0.15) is 11.5 Å². The zero-order valence-corrected chi connectivity index (χ0v) is 10.8. The largest absolute Gasteiger partial charge is 0.349 e. The molecule has 8 nitrogen and oxygen atoms in total. The minimum Gasteiger partial charge on any atom is -0.349 e. The minimum absolute atomic E-state index is 0.0205. The molecule has 8 heteroatoms. The summed E-state index contributed by atoms with van der Waals surface area (Å²) in [4.78, 5) is 15.2. The number of aromatic nitrogens is 5. The maximum atomic E-state index is 11.0. The molecular formula is C11H17N7O. The van der Waals surface area contributed by atoms with Crippen LogP contribution in [0.2, 0.25) is 0 Å². The van der Waals surface area contributed by atoms with Crippen molar-refractivity contribution in [3.05, 3.63) is 30.1 Å². The Morgan fingerprint density at radius 3 is 3.05 bits per heavy atom. The number of amides is 1. The van der Waals surface area contributed by atoms with Gasteiger partial charge in [0, 0.05) is 32.4 Å². The molecule has 102 valence electrons. The lowest BCUT2D eigenvalue weighted by atomic mass is 10.4. The summed E-state index contributed by atoms with van der Waals surface area (Å²) in [6.45, 7) is 1.02. The molecule has 2 aromatic heterocycles.